The van der Waals surface area contributed by atoms with E-state index in [2.05, 4.69) is 14.9 Å². The van der Waals surface area contributed by atoms with Crippen molar-refractivity contribution in [3.63, 3.8) is 0 Å². The van der Waals surface area contributed by atoms with Crippen LogP contribution in [0.25, 0.3) is 21.8 Å². The monoisotopic (exact) mass is 471 g/mol. The van der Waals surface area contributed by atoms with Crippen LogP contribution in [0, 0.1) is 5.82 Å². The number of carbonyl (C=O) groups is 1. The third-order valence-electron chi connectivity index (χ3n) is 5.82. The van der Waals surface area contributed by atoms with Gasteiger partial charge in [0.2, 0.25) is 5.91 Å². The molecule has 0 saturated carbocycles. The summed E-state index contributed by atoms with van der Waals surface area (Å²) >= 11 is 2.96. The molecule has 2 aromatic heterocycles. The summed E-state index contributed by atoms with van der Waals surface area (Å²) in [5.74, 6) is -1.06. The lowest BCUT2D eigenvalue weighted by molar-refractivity contribution is -0.117. The van der Waals surface area contributed by atoms with Gasteiger partial charge in [0, 0.05) is 11.8 Å². The first-order valence-corrected chi connectivity index (χ1v) is 12.4. The number of ether oxygens (including phenoxy) is 1. The van der Waals surface area contributed by atoms with Gasteiger partial charge in [0.05, 0.1) is 48.0 Å². The van der Waals surface area contributed by atoms with Gasteiger partial charge in [-0.15, -0.1) is 0 Å². The molecule has 3 aromatic rings. The van der Waals surface area contributed by atoms with E-state index in [4.69, 9.17) is 15.5 Å². The molecule has 0 radical (unpaired) electrons. The molecule has 2 aliphatic heterocycles. The van der Waals surface area contributed by atoms with Crippen LogP contribution in [0.5, 0.6) is 0 Å². The molecule has 32 heavy (non-hydrogen) atoms. The molecule has 1 amide bonds. The van der Waals surface area contributed by atoms with Crippen molar-refractivity contribution in [3.05, 3.63) is 41.8 Å². The van der Waals surface area contributed by atoms with Gasteiger partial charge in [-0.1, -0.05) is 35.2 Å². The molecule has 2 N–H and O–H groups in total. The number of thiazole rings is 1. The Balaban J connectivity index is 1.66. The number of hydrogen-bond acceptors (Lipinski definition) is 8. The van der Waals surface area contributed by atoms with Gasteiger partial charge < -0.3 is 15.4 Å². The van der Waals surface area contributed by atoms with Crippen LogP contribution in [0.1, 0.15) is 18.4 Å². The Morgan fingerprint density at radius 3 is 2.78 bits per heavy atom. The number of rotatable bonds is 6. The van der Waals surface area contributed by atoms with Crippen molar-refractivity contribution in [2.75, 3.05) is 24.4 Å². The van der Waals surface area contributed by atoms with Gasteiger partial charge in [-0.25, -0.2) is 19.3 Å². The maximum absolute atomic E-state index is 15.5. The van der Waals surface area contributed by atoms with Crippen molar-refractivity contribution in [3.8, 4) is 21.8 Å². The Hall–Kier alpha value is -2.56. The summed E-state index contributed by atoms with van der Waals surface area (Å²) < 4.78 is 21.2. The SMILES string of the molecule is CSc1nccc(-c2sc(N3C4CCC3COC4)nc2-c2cccc(CC(N)=O)c2F)n1. The lowest BCUT2D eigenvalue weighted by Crippen LogP contribution is -2.45. The van der Waals surface area contributed by atoms with Gasteiger partial charge in [0.1, 0.15) is 5.82 Å². The van der Waals surface area contributed by atoms with Crippen molar-refractivity contribution in [2.24, 2.45) is 5.73 Å². The maximum atomic E-state index is 15.5. The van der Waals surface area contributed by atoms with E-state index in [0.29, 0.717) is 35.3 Å². The van der Waals surface area contributed by atoms with Crippen molar-refractivity contribution in [1.82, 2.24) is 15.0 Å². The molecule has 0 aliphatic carbocycles. The van der Waals surface area contributed by atoms with Crippen LogP contribution in [0.4, 0.5) is 9.52 Å². The van der Waals surface area contributed by atoms with Crippen LogP contribution in [0.3, 0.4) is 0 Å². The molecule has 7 nitrogen and oxygen atoms in total. The van der Waals surface area contributed by atoms with Crippen LogP contribution >= 0.6 is 23.1 Å². The van der Waals surface area contributed by atoms with E-state index in [-0.39, 0.29) is 24.1 Å². The fourth-order valence-corrected chi connectivity index (χ4v) is 5.92. The lowest BCUT2D eigenvalue weighted by atomic mass is 10.0. The number of morpholine rings is 1. The van der Waals surface area contributed by atoms with E-state index in [1.807, 2.05) is 12.3 Å². The van der Waals surface area contributed by atoms with E-state index in [9.17, 15) is 4.79 Å². The summed E-state index contributed by atoms with van der Waals surface area (Å²) in [6, 6.07) is 7.37. The number of amides is 1. The molecule has 2 atom stereocenters. The number of aromatic nitrogens is 3. The smallest absolute Gasteiger partial charge is 0.221 e. The summed E-state index contributed by atoms with van der Waals surface area (Å²) in [5, 5.41) is 1.48. The van der Waals surface area contributed by atoms with Crippen LogP contribution < -0.4 is 10.6 Å². The van der Waals surface area contributed by atoms with Gasteiger partial charge in [-0.3, -0.25) is 4.79 Å². The molecular weight excluding hydrogens is 449 g/mol. The number of fused-ring (bicyclic) bond motifs is 2. The minimum absolute atomic E-state index is 0.163. The van der Waals surface area contributed by atoms with Gasteiger partial charge >= 0.3 is 0 Å². The quantitative estimate of drug-likeness (QED) is 0.434. The van der Waals surface area contributed by atoms with E-state index >= 15 is 4.39 Å². The first-order valence-electron chi connectivity index (χ1n) is 10.4. The topological polar surface area (TPSA) is 94.2 Å². The molecule has 166 valence electrons. The summed E-state index contributed by atoms with van der Waals surface area (Å²) in [6.07, 6.45) is 5.57. The largest absolute Gasteiger partial charge is 0.377 e. The number of anilines is 1. The van der Waals surface area contributed by atoms with E-state index in [1.54, 1.807) is 24.4 Å². The van der Waals surface area contributed by atoms with Crippen LogP contribution in [-0.2, 0) is 16.0 Å². The third kappa shape index (κ3) is 3.87. The minimum atomic E-state index is -0.578. The number of carbonyl (C=O) groups excluding carboxylic acids is 1. The van der Waals surface area contributed by atoms with E-state index < -0.39 is 11.7 Å². The molecule has 2 unspecified atom stereocenters. The Morgan fingerprint density at radius 1 is 1.28 bits per heavy atom. The summed E-state index contributed by atoms with van der Waals surface area (Å²) in [4.78, 5) is 28.4. The number of benzene rings is 1. The first-order chi connectivity index (χ1) is 15.5. The summed E-state index contributed by atoms with van der Waals surface area (Å²) in [5.41, 5.74) is 7.13. The molecule has 2 aliphatic rings. The Morgan fingerprint density at radius 2 is 2.06 bits per heavy atom. The highest BCUT2D eigenvalue weighted by Gasteiger charge is 2.39. The lowest BCUT2D eigenvalue weighted by Gasteiger charge is -2.34. The highest BCUT2D eigenvalue weighted by Crippen LogP contribution is 2.44. The molecule has 1 aromatic carbocycles. The fourth-order valence-electron chi connectivity index (χ4n) is 4.37. The predicted octanol–water partition coefficient (Wildman–Crippen LogP) is 3.52. The van der Waals surface area contributed by atoms with Crippen LogP contribution in [-0.4, -0.2) is 52.4 Å². The van der Waals surface area contributed by atoms with Crippen LogP contribution in [0.2, 0.25) is 0 Å². The molecule has 4 heterocycles. The van der Waals surface area contributed by atoms with Gasteiger partial charge in [0.25, 0.3) is 0 Å². The highest BCUT2D eigenvalue weighted by atomic mass is 32.2. The van der Waals surface area contributed by atoms with E-state index in [1.165, 1.54) is 23.1 Å². The van der Waals surface area contributed by atoms with Gasteiger partial charge in [0.15, 0.2) is 10.3 Å². The molecular formula is C22H22FN5O2S2. The number of hydrogen-bond donors (Lipinski definition) is 1. The van der Waals surface area contributed by atoms with Crippen molar-refractivity contribution in [1.29, 1.82) is 0 Å². The normalized spacial score (nSPS) is 20.0. The third-order valence-corrected chi connectivity index (χ3v) is 7.48. The van der Waals surface area contributed by atoms with E-state index in [0.717, 1.165) is 22.9 Å². The Labute approximate surface area is 193 Å². The Kier molecular flexibility index (Phi) is 5.83. The maximum Gasteiger partial charge on any atom is 0.221 e. The molecule has 5 rings (SSSR count). The van der Waals surface area contributed by atoms with Crippen LogP contribution in [0.15, 0.2) is 35.6 Å². The van der Waals surface area contributed by atoms with Gasteiger partial charge in [-0.2, -0.15) is 0 Å². The molecule has 2 bridgehead atoms. The molecule has 10 heteroatoms. The second-order valence-electron chi connectivity index (χ2n) is 7.85. The second-order valence-corrected chi connectivity index (χ2v) is 9.61. The predicted molar refractivity (Wildman–Crippen MR) is 123 cm³/mol. The number of primary amides is 1. The minimum Gasteiger partial charge on any atom is -0.377 e. The second kappa shape index (κ2) is 8.76. The highest BCUT2D eigenvalue weighted by molar-refractivity contribution is 7.98. The zero-order chi connectivity index (χ0) is 22.2. The average Bonchev–Trinajstić information content (AvgIpc) is 3.32. The summed E-state index contributed by atoms with van der Waals surface area (Å²) in [7, 11) is 0. The Bertz CT molecular complexity index is 1150. The average molecular weight is 472 g/mol. The first kappa shape index (κ1) is 21.3. The number of nitrogens with two attached hydrogens (primary N) is 1. The molecule has 0 spiro atoms. The molecule has 2 saturated heterocycles. The zero-order valence-electron chi connectivity index (χ0n) is 17.5. The van der Waals surface area contributed by atoms with Crippen molar-refractivity contribution >= 4 is 34.1 Å². The summed E-state index contributed by atoms with van der Waals surface area (Å²) in [6.45, 7) is 1.35. The number of halogens is 1. The number of nitrogens with zero attached hydrogens (tertiary/aromatic N) is 4. The molecule has 2 fully saturated rings. The zero-order valence-corrected chi connectivity index (χ0v) is 19.1. The fraction of sp³-hybridized carbons (Fsp3) is 0.364. The standard InChI is InChI=1S/C22H22FN5O2S2/c1-31-21-25-8-7-16(26-21)20-19(15-4-2-3-12(18(15)23)9-17(24)29)27-22(32-20)28-13-5-6-14(28)11-30-10-13/h2-4,7-8,13-14H,5-6,9-11H2,1H3,(H2,24,29). The van der Waals surface area contributed by atoms with Gasteiger partial charge in [-0.05, 0) is 36.8 Å². The van der Waals surface area contributed by atoms with Crippen molar-refractivity contribution in [2.45, 2.75) is 36.5 Å². The van der Waals surface area contributed by atoms with Crippen molar-refractivity contribution < 1.29 is 13.9 Å². The number of thioether (sulfide) groups is 1.